The number of primary amides is 1. The molecule has 11 heteroatoms. The minimum absolute atomic E-state index is 0.0751. The molecular weight excluding hydrogens is 469 g/mol. The maximum Gasteiger partial charge on any atom is 0.417 e. The summed E-state index contributed by atoms with van der Waals surface area (Å²) in [6.07, 6.45) is -2.05. The van der Waals surface area contributed by atoms with E-state index in [4.69, 9.17) is 5.73 Å². The van der Waals surface area contributed by atoms with Crippen molar-refractivity contribution in [3.63, 3.8) is 0 Å². The number of amides is 1. The summed E-state index contributed by atoms with van der Waals surface area (Å²) in [6.45, 7) is -0.260. The van der Waals surface area contributed by atoms with E-state index in [2.05, 4.69) is 15.0 Å². The van der Waals surface area contributed by atoms with E-state index in [-0.39, 0.29) is 39.9 Å². The number of alkyl halides is 3. The maximum atomic E-state index is 15.0. The van der Waals surface area contributed by atoms with Crippen molar-refractivity contribution in [2.45, 2.75) is 12.7 Å². The smallest absolute Gasteiger partial charge is 0.366 e. The molecular formula is C24H14F5N5O. The molecule has 0 spiro atoms. The van der Waals surface area contributed by atoms with Crippen LogP contribution in [-0.2, 0) is 12.7 Å². The standard InChI is InChI=1S/C24H14F5N5O/c25-17-9-20-14(2-1-7-31-20)21(26)15(17)10-34-11-32-19-6-5-18(33-23(19)34)12-3-4-13(22(30)35)16(8-12)24(27,28)29/h1-9,11H,10H2,(H2,30,35). The summed E-state index contributed by atoms with van der Waals surface area (Å²) in [6, 6.07) is 10.2. The number of nitrogens with two attached hydrogens (primary N) is 1. The molecule has 6 nitrogen and oxygen atoms in total. The zero-order valence-electron chi connectivity index (χ0n) is 17.6. The summed E-state index contributed by atoms with van der Waals surface area (Å²) in [4.78, 5) is 23.9. The number of pyridine rings is 2. The Labute approximate surface area is 193 Å². The maximum absolute atomic E-state index is 15.0. The molecule has 3 aromatic heterocycles. The summed E-state index contributed by atoms with van der Waals surface area (Å²) in [5, 5.41) is 0.149. The summed E-state index contributed by atoms with van der Waals surface area (Å²) >= 11 is 0. The van der Waals surface area contributed by atoms with Crippen LogP contribution in [0.4, 0.5) is 22.0 Å². The second-order valence-corrected chi connectivity index (χ2v) is 7.76. The number of hydrogen-bond acceptors (Lipinski definition) is 4. The highest BCUT2D eigenvalue weighted by Gasteiger charge is 2.35. The van der Waals surface area contributed by atoms with E-state index in [0.29, 0.717) is 5.52 Å². The highest BCUT2D eigenvalue weighted by Crippen LogP contribution is 2.35. The minimum Gasteiger partial charge on any atom is -0.366 e. The van der Waals surface area contributed by atoms with Crippen molar-refractivity contribution in [2.24, 2.45) is 5.73 Å². The van der Waals surface area contributed by atoms with Crippen LogP contribution in [0.1, 0.15) is 21.5 Å². The molecule has 0 saturated heterocycles. The highest BCUT2D eigenvalue weighted by atomic mass is 19.4. The third-order valence-electron chi connectivity index (χ3n) is 5.57. The van der Waals surface area contributed by atoms with Gasteiger partial charge in [-0.05, 0) is 36.4 Å². The summed E-state index contributed by atoms with van der Waals surface area (Å²) in [5.74, 6) is -2.79. The normalized spacial score (nSPS) is 11.9. The Morgan fingerprint density at radius 1 is 1.00 bits per heavy atom. The van der Waals surface area contributed by atoms with Gasteiger partial charge in [0.25, 0.3) is 0 Å². The van der Waals surface area contributed by atoms with Crippen LogP contribution in [0.25, 0.3) is 33.3 Å². The molecule has 0 aliphatic heterocycles. The van der Waals surface area contributed by atoms with E-state index in [1.807, 2.05) is 0 Å². The fourth-order valence-corrected chi connectivity index (χ4v) is 3.88. The molecule has 35 heavy (non-hydrogen) atoms. The molecule has 176 valence electrons. The van der Waals surface area contributed by atoms with Gasteiger partial charge in [-0.15, -0.1) is 0 Å². The van der Waals surface area contributed by atoms with Crippen LogP contribution in [0.5, 0.6) is 0 Å². The van der Waals surface area contributed by atoms with Gasteiger partial charge in [0.05, 0.1) is 35.2 Å². The van der Waals surface area contributed by atoms with Gasteiger partial charge in [0, 0.05) is 28.8 Å². The first-order chi connectivity index (χ1) is 16.6. The molecule has 0 saturated carbocycles. The lowest BCUT2D eigenvalue weighted by Gasteiger charge is -2.13. The molecule has 0 bridgehead atoms. The van der Waals surface area contributed by atoms with Crippen LogP contribution < -0.4 is 5.73 Å². The van der Waals surface area contributed by atoms with Crippen molar-refractivity contribution in [2.75, 3.05) is 0 Å². The van der Waals surface area contributed by atoms with Gasteiger partial charge in [0.15, 0.2) is 5.65 Å². The van der Waals surface area contributed by atoms with Crippen molar-refractivity contribution in [3.8, 4) is 11.3 Å². The number of carbonyl (C=O) groups is 1. The molecule has 2 aromatic carbocycles. The zero-order chi connectivity index (χ0) is 24.9. The molecule has 1 amide bonds. The number of carbonyl (C=O) groups excluding carboxylic acids is 1. The van der Waals surface area contributed by atoms with Gasteiger partial charge >= 0.3 is 6.18 Å². The molecule has 5 aromatic rings. The number of fused-ring (bicyclic) bond motifs is 2. The molecule has 0 aliphatic carbocycles. The molecule has 0 fully saturated rings. The Morgan fingerprint density at radius 2 is 1.80 bits per heavy atom. The van der Waals surface area contributed by atoms with Crippen molar-refractivity contribution >= 4 is 28.0 Å². The number of benzene rings is 2. The first-order valence-corrected chi connectivity index (χ1v) is 10.2. The highest BCUT2D eigenvalue weighted by molar-refractivity contribution is 5.95. The Bertz CT molecular complexity index is 1630. The largest absolute Gasteiger partial charge is 0.417 e. The Kier molecular flexibility index (Phi) is 5.19. The van der Waals surface area contributed by atoms with E-state index in [9.17, 15) is 22.4 Å². The predicted octanol–water partition coefficient (Wildman–Crippen LogP) is 5.09. The fraction of sp³-hybridized carbons (Fsp3) is 0.0833. The molecule has 0 atom stereocenters. The number of imidazole rings is 1. The Hall–Kier alpha value is -4.41. The lowest BCUT2D eigenvalue weighted by atomic mass is 10.0. The molecule has 0 aliphatic rings. The fourth-order valence-electron chi connectivity index (χ4n) is 3.88. The van der Waals surface area contributed by atoms with E-state index in [1.54, 1.807) is 0 Å². The van der Waals surface area contributed by atoms with Gasteiger partial charge in [0.2, 0.25) is 5.91 Å². The van der Waals surface area contributed by atoms with Crippen molar-refractivity contribution in [1.82, 2.24) is 19.5 Å². The number of nitrogens with zero attached hydrogens (tertiary/aromatic N) is 4. The first kappa shape index (κ1) is 22.4. The molecule has 0 unspecified atom stereocenters. The van der Waals surface area contributed by atoms with Crippen LogP contribution >= 0.6 is 0 Å². The summed E-state index contributed by atoms with van der Waals surface area (Å²) < 4.78 is 71.6. The second-order valence-electron chi connectivity index (χ2n) is 7.76. The quantitative estimate of drug-likeness (QED) is 0.361. The Morgan fingerprint density at radius 3 is 2.54 bits per heavy atom. The van der Waals surface area contributed by atoms with E-state index in [0.717, 1.165) is 18.2 Å². The number of aromatic nitrogens is 4. The second kappa shape index (κ2) is 8.12. The van der Waals surface area contributed by atoms with Gasteiger partial charge in [-0.3, -0.25) is 9.78 Å². The lowest BCUT2D eigenvalue weighted by Crippen LogP contribution is -2.18. The minimum atomic E-state index is -4.81. The topological polar surface area (TPSA) is 86.7 Å². The summed E-state index contributed by atoms with van der Waals surface area (Å²) in [5.41, 5.74) is 3.97. The van der Waals surface area contributed by atoms with Gasteiger partial charge < -0.3 is 10.3 Å². The van der Waals surface area contributed by atoms with Crippen molar-refractivity contribution in [1.29, 1.82) is 0 Å². The van der Waals surface area contributed by atoms with Gasteiger partial charge in [-0.25, -0.2) is 18.7 Å². The molecule has 2 N–H and O–H groups in total. The number of hydrogen-bond donors (Lipinski definition) is 1. The van der Waals surface area contributed by atoms with Crippen molar-refractivity contribution < 1.29 is 26.7 Å². The first-order valence-electron chi connectivity index (χ1n) is 10.2. The van der Waals surface area contributed by atoms with Crippen LogP contribution in [-0.4, -0.2) is 25.4 Å². The average Bonchev–Trinajstić information content (AvgIpc) is 3.22. The molecule has 0 radical (unpaired) electrons. The lowest BCUT2D eigenvalue weighted by molar-refractivity contribution is -0.137. The SMILES string of the molecule is NC(=O)c1ccc(-c2ccc3ncn(Cc4c(F)cc5ncccc5c4F)c3n2)cc1C(F)(F)F. The van der Waals surface area contributed by atoms with Crippen molar-refractivity contribution in [3.05, 3.63) is 89.4 Å². The third kappa shape index (κ3) is 3.94. The average molecular weight is 483 g/mol. The van der Waals surface area contributed by atoms with E-state index >= 15 is 4.39 Å². The zero-order valence-corrected chi connectivity index (χ0v) is 17.6. The van der Waals surface area contributed by atoms with Gasteiger partial charge in [-0.1, -0.05) is 6.07 Å². The number of rotatable bonds is 4. The van der Waals surface area contributed by atoms with Crippen LogP contribution in [0.3, 0.4) is 0 Å². The van der Waals surface area contributed by atoms with Crippen LogP contribution in [0.2, 0.25) is 0 Å². The molecule has 5 rings (SSSR count). The van der Waals surface area contributed by atoms with Gasteiger partial charge in [-0.2, -0.15) is 13.2 Å². The molecule has 3 heterocycles. The monoisotopic (exact) mass is 483 g/mol. The third-order valence-corrected chi connectivity index (χ3v) is 5.57. The Balaban J connectivity index is 1.59. The van der Waals surface area contributed by atoms with Gasteiger partial charge in [0.1, 0.15) is 17.2 Å². The number of halogens is 5. The predicted molar refractivity (Wildman–Crippen MR) is 117 cm³/mol. The van der Waals surface area contributed by atoms with Crippen LogP contribution in [0, 0.1) is 11.6 Å². The van der Waals surface area contributed by atoms with Crippen LogP contribution in [0.15, 0.2) is 61.1 Å². The van der Waals surface area contributed by atoms with E-state index < -0.39 is 34.8 Å². The summed E-state index contributed by atoms with van der Waals surface area (Å²) in [7, 11) is 0. The van der Waals surface area contributed by atoms with E-state index in [1.165, 1.54) is 47.4 Å².